The second-order valence-corrected chi connectivity index (χ2v) is 5.43. The molecule has 3 heteroatoms. The van der Waals surface area contributed by atoms with Crippen molar-refractivity contribution < 1.29 is 9.47 Å². The van der Waals surface area contributed by atoms with Crippen LogP contribution in [0.5, 0.6) is 0 Å². The maximum absolute atomic E-state index is 5.77. The van der Waals surface area contributed by atoms with Gasteiger partial charge in [0.1, 0.15) is 6.10 Å². The average molecular weight is 215 g/mol. The topological polar surface area (TPSA) is 30.5 Å². The van der Waals surface area contributed by atoms with Crippen molar-refractivity contribution in [2.45, 2.75) is 58.3 Å². The molecule has 1 saturated heterocycles. The van der Waals surface area contributed by atoms with Gasteiger partial charge in [0, 0.05) is 5.54 Å². The molecule has 1 aliphatic rings. The monoisotopic (exact) mass is 215 g/mol. The molecule has 1 unspecified atom stereocenters. The molecule has 1 N–H and O–H groups in total. The van der Waals surface area contributed by atoms with E-state index in [1.165, 1.54) is 6.42 Å². The third kappa shape index (κ3) is 6.13. The molecule has 0 aromatic heterocycles. The summed E-state index contributed by atoms with van der Waals surface area (Å²) in [7, 11) is 0. The summed E-state index contributed by atoms with van der Waals surface area (Å²) < 4.78 is 10.8. The molecular formula is C12H25NO2. The maximum Gasteiger partial charge on any atom is 0.104 e. The molecule has 0 saturated carbocycles. The minimum Gasteiger partial charge on any atom is -0.376 e. The third-order valence-electron chi connectivity index (χ3n) is 2.48. The summed E-state index contributed by atoms with van der Waals surface area (Å²) in [6.07, 6.45) is 3.02. The van der Waals surface area contributed by atoms with Gasteiger partial charge in [-0.15, -0.1) is 0 Å². The van der Waals surface area contributed by atoms with Crippen molar-refractivity contribution in [1.82, 2.24) is 5.32 Å². The molecule has 1 rings (SSSR count). The zero-order valence-electron chi connectivity index (χ0n) is 10.5. The summed E-state index contributed by atoms with van der Waals surface area (Å²) in [6.45, 7) is 11.4. The third-order valence-corrected chi connectivity index (χ3v) is 2.48. The quantitative estimate of drug-likeness (QED) is 0.687. The number of hydrogen-bond acceptors (Lipinski definition) is 3. The smallest absolute Gasteiger partial charge is 0.104 e. The zero-order valence-corrected chi connectivity index (χ0v) is 10.5. The van der Waals surface area contributed by atoms with E-state index in [0.29, 0.717) is 12.2 Å². The van der Waals surface area contributed by atoms with Crippen molar-refractivity contribution in [3.8, 4) is 0 Å². The van der Waals surface area contributed by atoms with Crippen molar-refractivity contribution >= 4 is 0 Å². The molecule has 1 fully saturated rings. The predicted molar refractivity (Wildman–Crippen MR) is 62.1 cm³/mol. The van der Waals surface area contributed by atoms with Crippen LogP contribution in [0.2, 0.25) is 0 Å². The van der Waals surface area contributed by atoms with Crippen molar-refractivity contribution in [3.05, 3.63) is 0 Å². The van der Waals surface area contributed by atoms with Crippen LogP contribution < -0.4 is 5.32 Å². The first kappa shape index (κ1) is 12.9. The van der Waals surface area contributed by atoms with E-state index in [4.69, 9.17) is 9.47 Å². The van der Waals surface area contributed by atoms with Gasteiger partial charge in [-0.25, -0.2) is 0 Å². The van der Waals surface area contributed by atoms with Crippen LogP contribution in [0.1, 0.15) is 40.5 Å². The molecule has 0 bridgehead atoms. The summed E-state index contributed by atoms with van der Waals surface area (Å²) in [5.41, 5.74) is 0.228. The molecule has 3 nitrogen and oxygen atoms in total. The van der Waals surface area contributed by atoms with Crippen molar-refractivity contribution in [1.29, 1.82) is 0 Å². The lowest BCUT2D eigenvalue weighted by molar-refractivity contribution is -0.151. The Kier molecular flexibility index (Phi) is 5.03. The van der Waals surface area contributed by atoms with Crippen molar-refractivity contribution in [2.75, 3.05) is 19.8 Å². The van der Waals surface area contributed by atoms with E-state index in [2.05, 4.69) is 33.0 Å². The second kappa shape index (κ2) is 5.83. The van der Waals surface area contributed by atoms with Crippen LogP contribution in [0.25, 0.3) is 0 Å². The van der Waals surface area contributed by atoms with E-state index >= 15 is 0 Å². The first-order valence-electron chi connectivity index (χ1n) is 5.95. The summed E-state index contributed by atoms with van der Waals surface area (Å²) in [5, 5.41) is 3.48. The zero-order chi connectivity index (χ0) is 11.3. The molecular weight excluding hydrogens is 190 g/mol. The highest BCUT2D eigenvalue weighted by Crippen LogP contribution is 2.11. The number of nitrogens with one attached hydrogen (secondary N) is 1. The Hall–Kier alpha value is -0.120. The first-order valence-corrected chi connectivity index (χ1v) is 5.95. The summed E-state index contributed by atoms with van der Waals surface area (Å²) >= 11 is 0. The van der Waals surface area contributed by atoms with Gasteiger partial charge >= 0.3 is 0 Å². The minimum absolute atomic E-state index is 0.228. The molecule has 0 spiro atoms. The van der Waals surface area contributed by atoms with Crippen LogP contribution >= 0.6 is 0 Å². The lowest BCUT2D eigenvalue weighted by atomic mass is 10.1. The van der Waals surface area contributed by atoms with Crippen LogP contribution in [0.3, 0.4) is 0 Å². The van der Waals surface area contributed by atoms with E-state index in [9.17, 15) is 0 Å². The fourth-order valence-corrected chi connectivity index (χ4v) is 1.54. The van der Waals surface area contributed by atoms with E-state index in [1.54, 1.807) is 0 Å². The van der Waals surface area contributed by atoms with Gasteiger partial charge in [0.05, 0.1) is 19.3 Å². The first-order chi connectivity index (χ1) is 6.97. The molecule has 90 valence electrons. The summed E-state index contributed by atoms with van der Waals surface area (Å²) in [4.78, 5) is 0. The fourth-order valence-electron chi connectivity index (χ4n) is 1.54. The molecule has 0 aromatic rings. The summed E-state index contributed by atoms with van der Waals surface area (Å²) in [5.74, 6) is 0. The van der Waals surface area contributed by atoms with E-state index < -0.39 is 0 Å². The van der Waals surface area contributed by atoms with Crippen LogP contribution in [0, 0.1) is 0 Å². The highest BCUT2D eigenvalue weighted by Gasteiger charge is 2.21. The van der Waals surface area contributed by atoms with Gasteiger partial charge in [0.25, 0.3) is 0 Å². The molecule has 0 amide bonds. The largest absolute Gasteiger partial charge is 0.376 e. The Morgan fingerprint density at radius 3 is 2.53 bits per heavy atom. The highest BCUT2D eigenvalue weighted by atomic mass is 16.6. The van der Waals surface area contributed by atoms with Crippen LogP contribution in [0.4, 0.5) is 0 Å². The van der Waals surface area contributed by atoms with E-state index in [-0.39, 0.29) is 5.54 Å². The Labute approximate surface area is 93.5 Å². The van der Waals surface area contributed by atoms with Gasteiger partial charge in [0.15, 0.2) is 0 Å². The molecule has 1 aliphatic heterocycles. The van der Waals surface area contributed by atoms with Gasteiger partial charge in [0.2, 0.25) is 0 Å². The maximum atomic E-state index is 5.77. The number of rotatable bonds is 6. The Bertz CT molecular complexity index is 173. The van der Waals surface area contributed by atoms with Gasteiger partial charge in [-0.2, -0.15) is 0 Å². The Morgan fingerprint density at radius 2 is 2.07 bits per heavy atom. The fraction of sp³-hybridized carbons (Fsp3) is 1.00. The molecule has 0 radical (unpaired) electrons. The van der Waals surface area contributed by atoms with Crippen molar-refractivity contribution in [2.24, 2.45) is 0 Å². The SMILES string of the molecule is CC(CCCNC(C)(C)C)OC1COC1. The van der Waals surface area contributed by atoms with Crippen LogP contribution in [0.15, 0.2) is 0 Å². The number of hydrogen-bond donors (Lipinski definition) is 1. The van der Waals surface area contributed by atoms with E-state index in [1.807, 2.05) is 0 Å². The minimum atomic E-state index is 0.228. The van der Waals surface area contributed by atoms with Gasteiger partial charge < -0.3 is 14.8 Å². The Morgan fingerprint density at radius 1 is 1.40 bits per heavy atom. The molecule has 0 aliphatic carbocycles. The van der Waals surface area contributed by atoms with E-state index in [0.717, 1.165) is 26.2 Å². The standard InChI is InChI=1S/C12H25NO2/c1-10(15-11-8-14-9-11)6-5-7-13-12(2,3)4/h10-11,13H,5-9H2,1-4H3. The molecule has 0 aromatic carbocycles. The van der Waals surface area contributed by atoms with Gasteiger partial charge in [-0.05, 0) is 47.1 Å². The Balaban J connectivity index is 1.94. The highest BCUT2D eigenvalue weighted by molar-refractivity contribution is 4.71. The van der Waals surface area contributed by atoms with Crippen LogP contribution in [-0.4, -0.2) is 37.5 Å². The van der Waals surface area contributed by atoms with Gasteiger partial charge in [-0.3, -0.25) is 0 Å². The summed E-state index contributed by atoms with van der Waals surface area (Å²) in [6, 6.07) is 0. The average Bonchev–Trinajstić information content (AvgIpc) is 2.04. The molecule has 15 heavy (non-hydrogen) atoms. The molecule has 1 atom stereocenters. The second-order valence-electron chi connectivity index (χ2n) is 5.43. The molecule has 1 heterocycles. The van der Waals surface area contributed by atoms with Crippen molar-refractivity contribution in [3.63, 3.8) is 0 Å². The lowest BCUT2D eigenvalue weighted by Gasteiger charge is -2.29. The number of ether oxygens (including phenoxy) is 2. The van der Waals surface area contributed by atoms with Crippen LogP contribution in [-0.2, 0) is 9.47 Å². The lowest BCUT2D eigenvalue weighted by Crippen LogP contribution is -2.39. The normalized spacial score (nSPS) is 20.0. The predicted octanol–water partition coefficient (Wildman–Crippen LogP) is 1.96. The van der Waals surface area contributed by atoms with Gasteiger partial charge in [-0.1, -0.05) is 0 Å².